The average molecular weight is 282 g/mol. The topological polar surface area (TPSA) is 30.0 Å². The minimum Gasteiger partial charge on any atom is -0.293 e. The smallest absolute Gasteiger partial charge is 0.180 e. The van der Waals surface area contributed by atoms with Crippen LogP contribution in [0.2, 0.25) is 0 Å². The van der Waals surface area contributed by atoms with Crippen LogP contribution >= 0.6 is 27.3 Å². The van der Waals surface area contributed by atoms with E-state index in [1.54, 1.807) is 0 Å². The van der Waals surface area contributed by atoms with Crippen molar-refractivity contribution in [2.45, 2.75) is 6.92 Å². The summed E-state index contributed by atoms with van der Waals surface area (Å²) in [7, 11) is 0. The molecule has 1 aromatic carbocycles. The van der Waals surface area contributed by atoms with E-state index in [1.165, 1.54) is 18.3 Å². The Balaban J connectivity index is 2.48. The van der Waals surface area contributed by atoms with Gasteiger partial charge in [0.25, 0.3) is 0 Å². The zero-order valence-electron chi connectivity index (χ0n) is 8.03. The lowest BCUT2D eigenvalue weighted by atomic mass is 10.2. The highest BCUT2D eigenvalue weighted by molar-refractivity contribution is 9.11. The van der Waals surface area contributed by atoms with Gasteiger partial charge in [0.1, 0.15) is 14.5 Å². The Morgan fingerprint density at radius 2 is 2.00 bits per heavy atom. The Kier molecular flexibility index (Phi) is 2.98. The number of carbonyl (C=O) groups excluding carboxylic acids is 1. The van der Waals surface area contributed by atoms with Crippen LogP contribution in [0.3, 0.4) is 0 Å². The number of thiazole rings is 1. The van der Waals surface area contributed by atoms with Gasteiger partial charge in [-0.3, -0.25) is 4.79 Å². The second kappa shape index (κ2) is 4.24. The van der Waals surface area contributed by atoms with E-state index >= 15 is 0 Å². The first kappa shape index (κ1) is 10.5. The van der Waals surface area contributed by atoms with E-state index in [0.717, 1.165) is 14.4 Å². The van der Waals surface area contributed by atoms with Crippen LogP contribution in [0, 0.1) is 0 Å². The Hall–Kier alpha value is -1.00. The van der Waals surface area contributed by atoms with Gasteiger partial charge in [-0.1, -0.05) is 30.3 Å². The van der Waals surface area contributed by atoms with Crippen LogP contribution in [0.4, 0.5) is 0 Å². The molecule has 0 bridgehead atoms. The van der Waals surface area contributed by atoms with Crippen LogP contribution in [0.5, 0.6) is 0 Å². The largest absolute Gasteiger partial charge is 0.293 e. The Morgan fingerprint density at radius 1 is 1.33 bits per heavy atom. The van der Waals surface area contributed by atoms with Gasteiger partial charge in [-0.25, -0.2) is 4.98 Å². The number of Topliss-reactive ketones (excluding diaryl/α,β-unsaturated/α-hetero) is 1. The third-order valence-corrected chi connectivity index (χ3v) is 3.69. The van der Waals surface area contributed by atoms with E-state index in [2.05, 4.69) is 20.9 Å². The van der Waals surface area contributed by atoms with E-state index in [9.17, 15) is 4.79 Å². The molecule has 0 amide bonds. The first-order chi connectivity index (χ1) is 7.18. The molecule has 2 nitrogen and oxygen atoms in total. The fourth-order valence-electron chi connectivity index (χ4n) is 1.22. The molecule has 15 heavy (non-hydrogen) atoms. The summed E-state index contributed by atoms with van der Waals surface area (Å²) in [6.07, 6.45) is 0. The highest BCUT2D eigenvalue weighted by Gasteiger charge is 2.13. The first-order valence-corrected chi connectivity index (χ1v) is 6.02. The Labute approximate surface area is 100 Å². The molecule has 0 radical (unpaired) electrons. The Bertz CT molecular complexity index is 493. The van der Waals surface area contributed by atoms with Crippen molar-refractivity contribution in [3.05, 3.63) is 39.8 Å². The van der Waals surface area contributed by atoms with Crippen molar-refractivity contribution in [2.75, 3.05) is 0 Å². The molecule has 0 fully saturated rings. The molecule has 4 heteroatoms. The molecule has 0 atom stereocenters. The molecule has 0 saturated heterocycles. The molecule has 0 spiro atoms. The summed E-state index contributed by atoms with van der Waals surface area (Å²) < 4.78 is 0.800. The highest BCUT2D eigenvalue weighted by atomic mass is 79.9. The summed E-state index contributed by atoms with van der Waals surface area (Å²) >= 11 is 4.83. The lowest BCUT2D eigenvalue weighted by Crippen LogP contribution is -1.92. The molecule has 0 unspecified atom stereocenters. The van der Waals surface area contributed by atoms with Gasteiger partial charge in [-0.05, 0) is 15.9 Å². The van der Waals surface area contributed by atoms with Crippen molar-refractivity contribution in [3.8, 4) is 10.6 Å². The van der Waals surface area contributed by atoms with Gasteiger partial charge in [0, 0.05) is 12.5 Å². The minimum absolute atomic E-state index is 0.0136. The van der Waals surface area contributed by atoms with Crippen LogP contribution in [0.15, 0.2) is 34.1 Å². The maximum atomic E-state index is 11.2. The second-order valence-electron chi connectivity index (χ2n) is 3.06. The Morgan fingerprint density at radius 3 is 2.53 bits per heavy atom. The van der Waals surface area contributed by atoms with Crippen molar-refractivity contribution in [2.24, 2.45) is 0 Å². The minimum atomic E-state index is -0.0136. The van der Waals surface area contributed by atoms with Crippen molar-refractivity contribution in [1.82, 2.24) is 4.98 Å². The summed E-state index contributed by atoms with van der Waals surface area (Å²) in [5.41, 5.74) is 1.55. The number of benzene rings is 1. The summed E-state index contributed by atoms with van der Waals surface area (Å²) in [5, 5.41) is 0.868. The third-order valence-electron chi connectivity index (χ3n) is 1.94. The number of nitrogens with zero attached hydrogens (tertiary/aromatic N) is 1. The van der Waals surface area contributed by atoms with Gasteiger partial charge >= 0.3 is 0 Å². The molecule has 0 aliphatic carbocycles. The molecule has 76 valence electrons. The van der Waals surface area contributed by atoms with E-state index in [4.69, 9.17) is 0 Å². The summed E-state index contributed by atoms with van der Waals surface area (Å²) in [6, 6.07) is 9.83. The monoisotopic (exact) mass is 281 g/mol. The van der Waals surface area contributed by atoms with Gasteiger partial charge < -0.3 is 0 Å². The molecule has 2 aromatic rings. The molecular weight excluding hydrogens is 274 g/mol. The predicted octanol–water partition coefficient (Wildman–Crippen LogP) is 3.78. The standard InChI is InChI=1S/C11H8BrNOS/c1-7(14)9-10(12)15-11(13-9)8-5-3-2-4-6-8/h2-6H,1H3. The highest BCUT2D eigenvalue weighted by Crippen LogP contribution is 2.31. The fraction of sp³-hybridized carbons (Fsp3) is 0.0909. The van der Waals surface area contributed by atoms with Gasteiger partial charge in [0.2, 0.25) is 0 Å². The van der Waals surface area contributed by atoms with Crippen LogP contribution in [0.25, 0.3) is 10.6 Å². The molecule has 0 N–H and O–H groups in total. The SMILES string of the molecule is CC(=O)c1nc(-c2ccccc2)sc1Br. The first-order valence-electron chi connectivity index (χ1n) is 4.41. The number of halogens is 1. The number of hydrogen-bond acceptors (Lipinski definition) is 3. The normalized spacial score (nSPS) is 10.3. The molecule has 1 heterocycles. The lowest BCUT2D eigenvalue weighted by Gasteiger charge is -1.92. The molecule has 1 aromatic heterocycles. The van der Waals surface area contributed by atoms with Crippen molar-refractivity contribution < 1.29 is 4.79 Å². The number of rotatable bonds is 2. The number of carbonyl (C=O) groups is 1. The number of aromatic nitrogens is 1. The zero-order valence-corrected chi connectivity index (χ0v) is 10.4. The van der Waals surface area contributed by atoms with E-state index in [0.29, 0.717) is 5.69 Å². The van der Waals surface area contributed by atoms with Crippen molar-refractivity contribution in [1.29, 1.82) is 0 Å². The van der Waals surface area contributed by atoms with Crippen LogP contribution in [-0.4, -0.2) is 10.8 Å². The second-order valence-corrected chi connectivity index (χ2v) is 5.38. The summed E-state index contributed by atoms with van der Waals surface area (Å²) in [5.74, 6) is -0.0136. The van der Waals surface area contributed by atoms with Gasteiger partial charge in [-0.2, -0.15) is 0 Å². The molecule has 0 saturated carbocycles. The maximum Gasteiger partial charge on any atom is 0.180 e. The van der Waals surface area contributed by atoms with E-state index < -0.39 is 0 Å². The predicted molar refractivity (Wildman–Crippen MR) is 65.3 cm³/mol. The van der Waals surface area contributed by atoms with Crippen molar-refractivity contribution in [3.63, 3.8) is 0 Å². The molecule has 2 rings (SSSR count). The van der Waals surface area contributed by atoms with E-state index in [-0.39, 0.29) is 5.78 Å². The number of ketones is 1. The van der Waals surface area contributed by atoms with Gasteiger partial charge in [0.15, 0.2) is 5.78 Å². The fourth-order valence-corrected chi connectivity index (χ4v) is 2.90. The third kappa shape index (κ3) is 2.16. The van der Waals surface area contributed by atoms with Gasteiger partial charge in [-0.15, -0.1) is 11.3 Å². The lowest BCUT2D eigenvalue weighted by molar-refractivity contribution is 0.101. The van der Waals surface area contributed by atoms with Crippen LogP contribution < -0.4 is 0 Å². The zero-order chi connectivity index (χ0) is 10.8. The van der Waals surface area contributed by atoms with Crippen molar-refractivity contribution >= 4 is 33.0 Å². The quantitative estimate of drug-likeness (QED) is 0.785. The van der Waals surface area contributed by atoms with Gasteiger partial charge in [0.05, 0.1) is 0 Å². The molecule has 0 aliphatic rings. The summed E-state index contributed by atoms with van der Waals surface area (Å²) in [6.45, 7) is 1.52. The van der Waals surface area contributed by atoms with E-state index in [1.807, 2.05) is 30.3 Å². The average Bonchev–Trinajstić information content (AvgIpc) is 2.62. The molecule has 0 aliphatic heterocycles. The van der Waals surface area contributed by atoms with Crippen LogP contribution in [0.1, 0.15) is 17.4 Å². The van der Waals surface area contributed by atoms with Crippen LogP contribution in [-0.2, 0) is 0 Å². The summed E-state index contributed by atoms with van der Waals surface area (Å²) in [4.78, 5) is 15.5. The molecular formula is C11H8BrNOS. The number of hydrogen-bond donors (Lipinski definition) is 0. The maximum absolute atomic E-state index is 11.2.